The molecule has 1 atom stereocenters. The lowest BCUT2D eigenvalue weighted by atomic mass is 10.2. The molecule has 2 aromatic heterocycles. The summed E-state index contributed by atoms with van der Waals surface area (Å²) in [4.78, 5) is 18.6. The number of nitrogens with zero attached hydrogens (tertiary/aromatic N) is 2. The zero-order valence-corrected chi connectivity index (χ0v) is 15.1. The van der Waals surface area contributed by atoms with Crippen LogP contribution in [0.4, 0.5) is 0 Å². The Morgan fingerprint density at radius 1 is 1.29 bits per heavy atom. The topological polar surface area (TPSA) is 58.4 Å². The molecule has 0 bridgehead atoms. The second-order valence-electron chi connectivity index (χ2n) is 5.37. The van der Waals surface area contributed by atoms with Gasteiger partial charge in [0.2, 0.25) is 5.91 Å². The highest BCUT2D eigenvalue weighted by molar-refractivity contribution is 7.99. The maximum Gasteiger partial charge on any atom is 0.230 e. The van der Waals surface area contributed by atoms with Gasteiger partial charge in [-0.1, -0.05) is 19.9 Å². The van der Waals surface area contributed by atoms with Crippen molar-refractivity contribution in [3.05, 3.63) is 54.2 Å². The van der Waals surface area contributed by atoms with E-state index in [1.165, 1.54) is 0 Å². The van der Waals surface area contributed by atoms with Gasteiger partial charge in [-0.05, 0) is 37.4 Å². The first-order valence-corrected chi connectivity index (χ1v) is 9.41. The SMILES string of the molecule is CCN(CC)C(CNC(=O)CSCc1ccccn1)c1ccco1. The normalized spacial score (nSPS) is 12.3. The lowest BCUT2D eigenvalue weighted by Crippen LogP contribution is -2.38. The van der Waals surface area contributed by atoms with Crippen molar-refractivity contribution in [1.82, 2.24) is 15.2 Å². The van der Waals surface area contributed by atoms with Gasteiger partial charge in [0, 0.05) is 18.5 Å². The van der Waals surface area contributed by atoms with Crippen molar-refractivity contribution in [2.24, 2.45) is 0 Å². The van der Waals surface area contributed by atoms with Crippen LogP contribution in [0.15, 0.2) is 47.2 Å². The summed E-state index contributed by atoms with van der Waals surface area (Å²) in [6, 6.07) is 9.74. The monoisotopic (exact) mass is 347 g/mol. The number of pyridine rings is 1. The van der Waals surface area contributed by atoms with E-state index in [4.69, 9.17) is 4.42 Å². The largest absolute Gasteiger partial charge is 0.468 e. The van der Waals surface area contributed by atoms with Crippen molar-refractivity contribution >= 4 is 17.7 Å². The first kappa shape index (κ1) is 18.5. The molecule has 2 rings (SSSR count). The van der Waals surface area contributed by atoms with Gasteiger partial charge in [-0.3, -0.25) is 14.7 Å². The molecule has 0 fully saturated rings. The predicted octanol–water partition coefficient (Wildman–Crippen LogP) is 3.11. The number of amides is 1. The summed E-state index contributed by atoms with van der Waals surface area (Å²) in [5.74, 6) is 2.10. The van der Waals surface area contributed by atoms with Crippen molar-refractivity contribution in [3.8, 4) is 0 Å². The molecule has 0 aliphatic heterocycles. The zero-order valence-electron chi connectivity index (χ0n) is 14.3. The van der Waals surface area contributed by atoms with Crippen LogP contribution in [0.5, 0.6) is 0 Å². The van der Waals surface area contributed by atoms with Gasteiger partial charge in [-0.2, -0.15) is 0 Å². The van der Waals surface area contributed by atoms with Gasteiger partial charge in [0.1, 0.15) is 5.76 Å². The van der Waals surface area contributed by atoms with Gasteiger partial charge in [-0.15, -0.1) is 11.8 Å². The Labute approximate surface area is 147 Å². The molecular weight excluding hydrogens is 322 g/mol. The zero-order chi connectivity index (χ0) is 17.2. The summed E-state index contributed by atoms with van der Waals surface area (Å²) >= 11 is 1.57. The summed E-state index contributed by atoms with van der Waals surface area (Å²) in [6.45, 7) is 6.60. The third kappa shape index (κ3) is 5.69. The number of thioether (sulfide) groups is 1. The van der Waals surface area contributed by atoms with Crippen LogP contribution >= 0.6 is 11.8 Å². The summed E-state index contributed by atoms with van der Waals surface area (Å²) in [7, 11) is 0. The Morgan fingerprint density at radius 3 is 2.75 bits per heavy atom. The van der Waals surface area contributed by atoms with Crippen LogP contribution in [0.3, 0.4) is 0 Å². The van der Waals surface area contributed by atoms with Crippen LogP contribution in [0.2, 0.25) is 0 Å². The molecule has 1 amide bonds. The molecule has 130 valence electrons. The fraction of sp³-hybridized carbons (Fsp3) is 0.444. The molecular formula is C18H25N3O2S. The van der Waals surface area contributed by atoms with E-state index in [1.807, 2.05) is 30.3 Å². The molecule has 5 nitrogen and oxygen atoms in total. The highest BCUT2D eigenvalue weighted by Crippen LogP contribution is 2.20. The van der Waals surface area contributed by atoms with E-state index in [0.29, 0.717) is 12.3 Å². The number of furan rings is 1. The van der Waals surface area contributed by atoms with E-state index in [2.05, 4.69) is 29.0 Å². The fourth-order valence-corrected chi connectivity index (χ4v) is 3.32. The average Bonchev–Trinajstić information content (AvgIpc) is 3.14. The summed E-state index contributed by atoms with van der Waals surface area (Å²) in [6.07, 6.45) is 3.45. The number of nitrogens with one attached hydrogen (secondary N) is 1. The van der Waals surface area contributed by atoms with Crippen molar-refractivity contribution in [2.45, 2.75) is 25.6 Å². The van der Waals surface area contributed by atoms with E-state index in [9.17, 15) is 4.79 Å². The van der Waals surface area contributed by atoms with Gasteiger partial charge in [0.15, 0.2) is 0 Å². The second-order valence-corrected chi connectivity index (χ2v) is 6.36. The lowest BCUT2D eigenvalue weighted by Gasteiger charge is -2.28. The van der Waals surface area contributed by atoms with Crippen molar-refractivity contribution < 1.29 is 9.21 Å². The number of likely N-dealkylation sites (N-methyl/N-ethyl adjacent to an activating group) is 1. The Hall–Kier alpha value is -1.79. The predicted molar refractivity (Wildman–Crippen MR) is 97.8 cm³/mol. The highest BCUT2D eigenvalue weighted by Gasteiger charge is 2.21. The van der Waals surface area contributed by atoms with Crippen LogP contribution in [0.25, 0.3) is 0 Å². The molecule has 0 saturated heterocycles. The first-order valence-electron chi connectivity index (χ1n) is 8.26. The maximum absolute atomic E-state index is 12.1. The molecule has 2 heterocycles. The lowest BCUT2D eigenvalue weighted by molar-refractivity contribution is -0.118. The van der Waals surface area contributed by atoms with Crippen LogP contribution in [-0.4, -0.2) is 41.2 Å². The second kappa shape index (κ2) is 10.2. The van der Waals surface area contributed by atoms with E-state index in [-0.39, 0.29) is 11.9 Å². The van der Waals surface area contributed by atoms with Gasteiger partial charge >= 0.3 is 0 Å². The number of hydrogen-bond donors (Lipinski definition) is 1. The van der Waals surface area contributed by atoms with Crippen molar-refractivity contribution in [2.75, 3.05) is 25.4 Å². The third-order valence-electron chi connectivity index (χ3n) is 3.83. The van der Waals surface area contributed by atoms with E-state index in [0.717, 1.165) is 30.3 Å². The van der Waals surface area contributed by atoms with Gasteiger partial charge in [0.25, 0.3) is 0 Å². The van der Waals surface area contributed by atoms with Gasteiger partial charge in [0.05, 0.1) is 23.8 Å². The molecule has 2 aromatic rings. The minimum Gasteiger partial charge on any atom is -0.468 e. The van der Waals surface area contributed by atoms with Crippen molar-refractivity contribution in [3.63, 3.8) is 0 Å². The smallest absolute Gasteiger partial charge is 0.230 e. The van der Waals surface area contributed by atoms with Crippen LogP contribution in [-0.2, 0) is 10.5 Å². The number of hydrogen-bond acceptors (Lipinski definition) is 5. The number of rotatable bonds is 10. The number of carbonyl (C=O) groups is 1. The standard InChI is InChI=1S/C18H25N3O2S/c1-3-21(4-2)16(17-9-7-11-23-17)12-20-18(22)14-24-13-15-8-5-6-10-19-15/h5-11,16H,3-4,12-14H2,1-2H3,(H,20,22). The average molecular weight is 347 g/mol. The van der Waals surface area contributed by atoms with E-state index < -0.39 is 0 Å². The quantitative estimate of drug-likeness (QED) is 0.716. The minimum atomic E-state index is 0.0413. The van der Waals surface area contributed by atoms with E-state index >= 15 is 0 Å². The van der Waals surface area contributed by atoms with Crippen LogP contribution < -0.4 is 5.32 Å². The van der Waals surface area contributed by atoms with Crippen molar-refractivity contribution in [1.29, 1.82) is 0 Å². The molecule has 0 aliphatic rings. The molecule has 24 heavy (non-hydrogen) atoms. The van der Waals surface area contributed by atoms with Gasteiger partial charge in [-0.25, -0.2) is 0 Å². The Morgan fingerprint density at radius 2 is 2.12 bits per heavy atom. The van der Waals surface area contributed by atoms with Crippen LogP contribution in [0, 0.1) is 0 Å². The molecule has 1 unspecified atom stereocenters. The van der Waals surface area contributed by atoms with Gasteiger partial charge < -0.3 is 9.73 Å². The van der Waals surface area contributed by atoms with Crippen LogP contribution in [0.1, 0.15) is 31.3 Å². The maximum atomic E-state index is 12.1. The molecule has 0 aromatic carbocycles. The third-order valence-corrected chi connectivity index (χ3v) is 4.79. The number of carbonyl (C=O) groups excluding carboxylic acids is 1. The molecule has 1 N–H and O–H groups in total. The Bertz CT molecular complexity index is 586. The Balaban J connectivity index is 1.79. The molecule has 0 spiro atoms. The summed E-state index contributed by atoms with van der Waals surface area (Å²) in [5.41, 5.74) is 0.993. The fourth-order valence-electron chi connectivity index (χ4n) is 2.55. The molecule has 0 aliphatic carbocycles. The highest BCUT2D eigenvalue weighted by atomic mass is 32.2. The van der Waals surface area contributed by atoms with E-state index in [1.54, 1.807) is 24.2 Å². The minimum absolute atomic E-state index is 0.0413. The molecule has 0 saturated carbocycles. The molecule has 0 radical (unpaired) electrons. The summed E-state index contributed by atoms with van der Waals surface area (Å²) < 4.78 is 5.55. The molecule has 6 heteroatoms. The summed E-state index contributed by atoms with van der Waals surface area (Å²) in [5, 5.41) is 3.02. The number of aromatic nitrogens is 1. The first-order chi connectivity index (χ1) is 11.7. The Kier molecular flexibility index (Phi) is 7.85.